The molecule has 2 aromatic heterocycles. The Morgan fingerprint density at radius 3 is 2.55 bits per heavy atom. The fraction of sp³-hybridized carbons (Fsp3) is 0.391. The number of hydrogen-bond acceptors (Lipinski definition) is 6. The summed E-state index contributed by atoms with van der Waals surface area (Å²) in [5.74, 6) is 2.89. The minimum absolute atomic E-state index is 0.0422. The van der Waals surface area contributed by atoms with E-state index in [2.05, 4.69) is 19.7 Å². The first kappa shape index (κ1) is 19.5. The second-order valence-electron chi connectivity index (χ2n) is 7.95. The van der Waals surface area contributed by atoms with Crippen molar-refractivity contribution >= 4 is 5.91 Å². The number of hydrogen-bond donors (Lipinski definition) is 0. The van der Waals surface area contributed by atoms with E-state index in [0.717, 1.165) is 42.9 Å². The van der Waals surface area contributed by atoms with E-state index in [1.807, 2.05) is 35.2 Å². The molecule has 2 unspecified atom stereocenters. The SMILES string of the molecule is COc1ccc(-c2nnc3n2C2CCCCC2N(C(=O)c2ccccn2)C3)cc1OC. The van der Waals surface area contributed by atoms with Crippen LogP contribution in [0.15, 0.2) is 42.6 Å². The highest BCUT2D eigenvalue weighted by molar-refractivity contribution is 5.92. The van der Waals surface area contributed by atoms with E-state index in [1.165, 1.54) is 0 Å². The topological polar surface area (TPSA) is 82.4 Å². The van der Waals surface area contributed by atoms with Crippen molar-refractivity contribution in [1.29, 1.82) is 0 Å². The summed E-state index contributed by atoms with van der Waals surface area (Å²) in [5, 5.41) is 8.99. The van der Waals surface area contributed by atoms with Crippen molar-refractivity contribution in [3.05, 3.63) is 54.1 Å². The van der Waals surface area contributed by atoms with Crippen LogP contribution >= 0.6 is 0 Å². The summed E-state index contributed by atoms with van der Waals surface area (Å²) >= 11 is 0. The molecule has 1 saturated carbocycles. The van der Waals surface area contributed by atoms with Crippen LogP contribution in [0.4, 0.5) is 0 Å². The molecule has 1 amide bonds. The zero-order chi connectivity index (χ0) is 21.4. The fourth-order valence-corrected chi connectivity index (χ4v) is 4.84. The third-order valence-electron chi connectivity index (χ3n) is 6.29. The van der Waals surface area contributed by atoms with Crippen LogP contribution in [-0.4, -0.2) is 50.8 Å². The van der Waals surface area contributed by atoms with Crippen LogP contribution in [0.5, 0.6) is 11.5 Å². The van der Waals surface area contributed by atoms with E-state index in [4.69, 9.17) is 9.47 Å². The van der Waals surface area contributed by atoms with Gasteiger partial charge in [0.1, 0.15) is 5.69 Å². The average molecular weight is 419 g/mol. The second kappa shape index (κ2) is 8.02. The van der Waals surface area contributed by atoms with E-state index in [-0.39, 0.29) is 18.0 Å². The van der Waals surface area contributed by atoms with Gasteiger partial charge in [-0.05, 0) is 43.2 Å². The normalized spacial score (nSPS) is 20.0. The molecular weight excluding hydrogens is 394 g/mol. The number of amides is 1. The first-order valence-corrected chi connectivity index (χ1v) is 10.6. The number of carbonyl (C=O) groups is 1. The summed E-state index contributed by atoms with van der Waals surface area (Å²) in [6, 6.07) is 11.5. The van der Waals surface area contributed by atoms with Crippen molar-refractivity contribution in [1.82, 2.24) is 24.6 Å². The zero-order valence-electron chi connectivity index (χ0n) is 17.7. The van der Waals surface area contributed by atoms with Crippen LogP contribution in [0.3, 0.4) is 0 Å². The van der Waals surface area contributed by atoms with Gasteiger partial charge in [0.05, 0.1) is 32.8 Å². The molecule has 31 heavy (non-hydrogen) atoms. The number of fused-ring (bicyclic) bond motifs is 3. The Hall–Kier alpha value is -3.42. The molecule has 1 aliphatic heterocycles. The van der Waals surface area contributed by atoms with Crippen LogP contribution in [0.1, 0.15) is 48.0 Å². The number of nitrogens with zero attached hydrogens (tertiary/aromatic N) is 5. The summed E-state index contributed by atoms with van der Waals surface area (Å²) in [7, 11) is 3.25. The van der Waals surface area contributed by atoms with Gasteiger partial charge in [-0.2, -0.15) is 0 Å². The van der Waals surface area contributed by atoms with Gasteiger partial charge in [0.25, 0.3) is 5.91 Å². The van der Waals surface area contributed by atoms with Gasteiger partial charge in [-0.1, -0.05) is 18.9 Å². The summed E-state index contributed by atoms with van der Waals surface area (Å²) < 4.78 is 13.1. The highest BCUT2D eigenvalue weighted by atomic mass is 16.5. The van der Waals surface area contributed by atoms with Gasteiger partial charge in [-0.15, -0.1) is 10.2 Å². The van der Waals surface area contributed by atoms with Crippen LogP contribution in [-0.2, 0) is 6.54 Å². The van der Waals surface area contributed by atoms with Gasteiger partial charge in [0, 0.05) is 11.8 Å². The molecule has 1 aromatic carbocycles. The van der Waals surface area contributed by atoms with E-state index in [9.17, 15) is 4.79 Å². The molecule has 160 valence electrons. The van der Waals surface area contributed by atoms with E-state index >= 15 is 0 Å². The smallest absolute Gasteiger partial charge is 0.273 e. The number of pyridine rings is 1. The predicted octanol–water partition coefficient (Wildman–Crippen LogP) is 3.50. The maximum Gasteiger partial charge on any atom is 0.273 e. The van der Waals surface area contributed by atoms with E-state index < -0.39 is 0 Å². The van der Waals surface area contributed by atoms with Crippen molar-refractivity contribution < 1.29 is 14.3 Å². The van der Waals surface area contributed by atoms with Gasteiger partial charge < -0.3 is 18.9 Å². The van der Waals surface area contributed by atoms with Crippen LogP contribution < -0.4 is 9.47 Å². The van der Waals surface area contributed by atoms with Crippen molar-refractivity contribution in [2.24, 2.45) is 0 Å². The molecule has 0 spiro atoms. The maximum atomic E-state index is 13.3. The van der Waals surface area contributed by atoms with E-state index in [0.29, 0.717) is 23.7 Å². The monoisotopic (exact) mass is 419 g/mol. The minimum Gasteiger partial charge on any atom is -0.493 e. The Labute approximate surface area is 180 Å². The highest BCUT2D eigenvalue weighted by Crippen LogP contribution is 2.41. The molecule has 0 bridgehead atoms. The molecule has 3 aromatic rings. The van der Waals surface area contributed by atoms with Gasteiger partial charge in [-0.25, -0.2) is 0 Å². The summed E-state index contributed by atoms with van der Waals surface area (Å²) in [4.78, 5) is 19.5. The maximum absolute atomic E-state index is 13.3. The standard InChI is InChI=1S/C23H25N5O3/c1-30-19-11-10-15(13-20(19)31-2)22-26-25-21-14-27(23(29)16-7-5-6-12-24-16)17-8-3-4-9-18(17)28(21)22/h5-7,10-13,17-18H,3-4,8-9,14H2,1-2H3. The molecule has 0 N–H and O–H groups in total. The van der Waals surface area contributed by atoms with E-state index in [1.54, 1.807) is 26.5 Å². The van der Waals surface area contributed by atoms with Crippen molar-refractivity contribution in [2.45, 2.75) is 44.3 Å². The predicted molar refractivity (Wildman–Crippen MR) is 114 cm³/mol. The first-order chi connectivity index (χ1) is 15.2. The highest BCUT2D eigenvalue weighted by Gasteiger charge is 2.41. The summed E-state index contributed by atoms with van der Waals surface area (Å²) in [6.45, 7) is 0.427. The number of methoxy groups -OCH3 is 2. The Bertz CT molecular complexity index is 1100. The van der Waals surface area contributed by atoms with Gasteiger partial charge in [0.2, 0.25) is 0 Å². The second-order valence-corrected chi connectivity index (χ2v) is 7.95. The summed E-state index contributed by atoms with van der Waals surface area (Å²) in [5.41, 5.74) is 1.39. The fourth-order valence-electron chi connectivity index (χ4n) is 4.84. The minimum atomic E-state index is -0.0422. The number of aromatic nitrogens is 4. The Balaban J connectivity index is 1.55. The molecule has 3 heterocycles. The van der Waals surface area contributed by atoms with Crippen molar-refractivity contribution in [2.75, 3.05) is 14.2 Å². The Kier molecular flexibility index (Phi) is 5.05. The lowest BCUT2D eigenvalue weighted by Gasteiger charge is -2.44. The lowest BCUT2D eigenvalue weighted by molar-refractivity contribution is 0.0415. The molecule has 2 atom stereocenters. The zero-order valence-corrected chi connectivity index (χ0v) is 17.7. The molecular formula is C23H25N5O3. The molecule has 1 fully saturated rings. The number of ether oxygens (including phenoxy) is 2. The van der Waals surface area contributed by atoms with Crippen LogP contribution in [0.25, 0.3) is 11.4 Å². The molecule has 1 aliphatic carbocycles. The molecule has 0 saturated heterocycles. The molecule has 5 rings (SSSR count). The first-order valence-electron chi connectivity index (χ1n) is 10.6. The lowest BCUT2D eigenvalue weighted by atomic mass is 9.87. The van der Waals surface area contributed by atoms with Gasteiger partial charge >= 0.3 is 0 Å². The number of benzene rings is 1. The largest absolute Gasteiger partial charge is 0.493 e. The average Bonchev–Trinajstić information content (AvgIpc) is 3.27. The van der Waals surface area contributed by atoms with Crippen LogP contribution in [0.2, 0.25) is 0 Å². The van der Waals surface area contributed by atoms with Gasteiger partial charge in [-0.3, -0.25) is 9.78 Å². The molecule has 8 heteroatoms. The molecule has 0 radical (unpaired) electrons. The lowest BCUT2D eigenvalue weighted by Crippen LogP contribution is -2.50. The Morgan fingerprint density at radius 1 is 1.00 bits per heavy atom. The third kappa shape index (κ3) is 3.32. The quantitative estimate of drug-likeness (QED) is 0.644. The van der Waals surface area contributed by atoms with Crippen molar-refractivity contribution in [3.63, 3.8) is 0 Å². The number of rotatable bonds is 4. The van der Waals surface area contributed by atoms with Crippen molar-refractivity contribution in [3.8, 4) is 22.9 Å². The van der Waals surface area contributed by atoms with Gasteiger partial charge in [0.15, 0.2) is 23.1 Å². The molecule has 2 aliphatic rings. The third-order valence-corrected chi connectivity index (χ3v) is 6.29. The Morgan fingerprint density at radius 2 is 1.81 bits per heavy atom. The summed E-state index contributed by atoms with van der Waals surface area (Å²) in [6.07, 6.45) is 5.84. The number of carbonyl (C=O) groups excluding carboxylic acids is 1. The van der Waals surface area contributed by atoms with Crippen LogP contribution in [0, 0.1) is 0 Å². The molecule has 8 nitrogen and oxygen atoms in total.